The first kappa shape index (κ1) is 25.2. The van der Waals surface area contributed by atoms with Gasteiger partial charge in [0.15, 0.2) is 11.6 Å². The number of ether oxygens (including phenoxy) is 2. The molecule has 0 aliphatic carbocycles. The Bertz CT molecular complexity index is 1170. The molecule has 2 aromatic carbocycles. The monoisotopic (exact) mass is 490 g/mol. The SMILES string of the molecule is COc1ccc(C[C@H](NC(=O)Cn2ccnn2)C(=O)C[C@@H](Cc2ccccc2)C(=O)[C@@]2(C)CO2)cc1. The largest absolute Gasteiger partial charge is 0.497 e. The number of nitrogens with one attached hydrogen (secondary N) is 1. The molecule has 2 heterocycles. The summed E-state index contributed by atoms with van der Waals surface area (Å²) in [4.78, 5) is 39.6. The third-order valence-corrected chi connectivity index (χ3v) is 6.34. The number of carbonyl (C=O) groups excluding carboxylic acids is 3. The van der Waals surface area contributed by atoms with Gasteiger partial charge in [0.25, 0.3) is 0 Å². The Morgan fingerprint density at radius 1 is 1.08 bits per heavy atom. The lowest BCUT2D eigenvalue weighted by molar-refractivity contribution is -0.133. The van der Waals surface area contributed by atoms with Crippen molar-refractivity contribution in [2.75, 3.05) is 13.7 Å². The molecule has 1 aromatic heterocycles. The molecule has 0 unspecified atom stereocenters. The number of Topliss-reactive ketones (excluding diaryl/α,β-unsaturated/α-hetero) is 2. The minimum Gasteiger partial charge on any atom is -0.497 e. The summed E-state index contributed by atoms with van der Waals surface area (Å²) in [6.07, 6.45) is 3.76. The zero-order valence-electron chi connectivity index (χ0n) is 20.4. The average Bonchev–Trinajstić information content (AvgIpc) is 3.43. The Hall–Kier alpha value is -3.85. The standard InChI is InChI=1S/C27H30N4O5/c1-27(18-36-27)26(34)21(14-19-6-4-3-5-7-19)16-24(32)23(15-20-8-10-22(35-2)11-9-20)29-25(33)17-31-13-12-28-30-31/h3-13,21,23H,14-18H2,1-2H3,(H,29,33)/t21-,23+,27-/m1/s1. The van der Waals surface area contributed by atoms with Crippen LogP contribution in [-0.4, -0.2) is 57.8 Å². The van der Waals surface area contributed by atoms with Crippen LogP contribution in [-0.2, 0) is 38.5 Å². The number of rotatable bonds is 13. The van der Waals surface area contributed by atoms with E-state index in [1.165, 1.54) is 10.9 Å². The molecule has 0 spiro atoms. The maximum atomic E-state index is 13.6. The molecule has 0 radical (unpaired) electrons. The van der Waals surface area contributed by atoms with Gasteiger partial charge in [0.1, 0.15) is 17.9 Å². The summed E-state index contributed by atoms with van der Waals surface area (Å²) in [5.74, 6) is -0.523. The number of ketones is 2. The van der Waals surface area contributed by atoms with Crippen LogP contribution in [0.2, 0.25) is 0 Å². The van der Waals surface area contributed by atoms with Gasteiger partial charge in [-0.2, -0.15) is 0 Å². The number of aromatic nitrogens is 3. The first-order chi connectivity index (χ1) is 17.4. The molecule has 188 valence electrons. The predicted octanol–water partition coefficient (Wildman–Crippen LogP) is 2.19. The Balaban J connectivity index is 1.52. The number of methoxy groups -OCH3 is 1. The van der Waals surface area contributed by atoms with E-state index in [0.29, 0.717) is 18.8 Å². The highest BCUT2D eigenvalue weighted by Gasteiger charge is 2.50. The van der Waals surface area contributed by atoms with Crippen molar-refractivity contribution in [1.82, 2.24) is 20.3 Å². The number of benzene rings is 2. The molecule has 1 saturated heterocycles. The van der Waals surface area contributed by atoms with E-state index < -0.39 is 17.6 Å². The Kier molecular flexibility index (Phi) is 7.90. The summed E-state index contributed by atoms with van der Waals surface area (Å²) in [7, 11) is 1.58. The van der Waals surface area contributed by atoms with E-state index in [4.69, 9.17) is 9.47 Å². The lowest BCUT2D eigenvalue weighted by atomic mass is 9.83. The van der Waals surface area contributed by atoms with Crippen LogP contribution in [0.15, 0.2) is 67.0 Å². The smallest absolute Gasteiger partial charge is 0.242 e. The molecule has 9 heteroatoms. The van der Waals surface area contributed by atoms with Gasteiger partial charge in [-0.15, -0.1) is 5.10 Å². The van der Waals surface area contributed by atoms with Crippen molar-refractivity contribution in [3.63, 3.8) is 0 Å². The fraction of sp³-hybridized carbons (Fsp3) is 0.370. The van der Waals surface area contributed by atoms with E-state index in [1.54, 1.807) is 32.4 Å². The van der Waals surface area contributed by atoms with E-state index in [-0.39, 0.29) is 36.9 Å². The summed E-state index contributed by atoms with van der Waals surface area (Å²) in [5, 5.41) is 10.4. The van der Waals surface area contributed by atoms with E-state index in [2.05, 4.69) is 15.6 Å². The van der Waals surface area contributed by atoms with Crippen molar-refractivity contribution in [3.05, 3.63) is 78.1 Å². The van der Waals surface area contributed by atoms with Gasteiger partial charge in [-0.3, -0.25) is 14.4 Å². The minimum absolute atomic E-state index is 0.00287. The highest BCUT2D eigenvalue weighted by molar-refractivity contribution is 5.97. The third kappa shape index (κ3) is 6.63. The molecule has 1 amide bonds. The third-order valence-electron chi connectivity index (χ3n) is 6.34. The lowest BCUT2D eigenvalue weighted by Gasteiger charge is -2.22. The second-order valence-corrected chi connectivity index (χ2v) is 9.21. The van der Waals surface area contributed by atoms with Gasteiger partial charge in [-0.1, -0.05) is 47.7 Å². The molecule has 4 rings (SSSR count). The summed E-state index contributed by atoms with van der Waals surface area (Å²) < 4.78 is 12.0. The second-order valence-electron chi connectivity index (χ2n) is 9.21. The molecule has 1 aliphatic heterocycles. The quantitative estimate of drug-likeness (QED) is 0.365. The van der Waals surface area contributed by atoms with Gasteiger partial charge in [0, 0.05) is 18.5 Å². The molecular weight excluding hydrogens is 460 g/mol. The van der Waals surface area contributed by atoms with Crippen molar-refractivity contribution >= 4 is 17.5 Å². The van der Waals surface area contributed by atoms with Crippen LogP contribution in [0.4, 0.5) is 0 Å². The lowest BCUT2D eigenvalue weighted by Crippen LogP contribution is -2.45. The normalized spacial score (nSPS) is 18.2. The van der Waals surface area contributed by atoms with E-state index in [9.17, 15) is 14.4 Å². The second kappa shape index (κ2) is 11.3. The van der Waals surface area contributed by atoms with Crippen molar-refractivity contribution in [3.8, 4) is 5.75 Å². The molecule has 3 atom stereocenters. The van der Waals surface area contributed by atoms with E-state index in [1.807, 2.05) is 42.5 Å². The zero-order valence-corrected chi connectivity index (χ0v) is 20.4. The number of hydrogen-bond acceptors (Lipinski definition) is 7. The van der Waals surface area contributed by atoms with Gasteiger partial charge in [0.05, 0.1) is 26.0 Å². The van der Waals surface area contributed by atoms with Gasteiger partial charge in [0.2, 0.25) is 5.91 Å². The summed E-state index contributed by atoms with van der Waals surface area (Å²) in [6.45, 7) is 2.05. The number of hydrogen-bond donors (Lipinski definition) is 1. The highest BCUT2D eigenvalue weighted by Crippen LogP contribution is 2.33. The van der Waals surface area contributed by atoms with Crippen LogP contribution >= 0.6 is 0 Å². The molecule has 3 aromatic rings. The van der Waals surface area contributed by atoms with Gasteiger partial charge in [-0.05, 0) is 43.0 Å². The van der Waals surface area contributed by atoms with Crippen LogP contribution in [0.25, 0.3) is 0 Å². The fourth-order valence-electron chi connectivity index (χ4n) is 4.17. The maximum absolute atomic E-state index is 13.6. The van der Waals surface area contributed by atoms with Crippen LogP contribution < -0.4 is 10.1 Å². The van der Waals surface area contributed by atoms with Crippen LogP contribution in [0.3, 0.4) is 0 Å². The molecule has 1 fully saturated rings. The van der Waals surface area contributed by atoms with Gasteiger partial charge < -0.3 is 14.8 Å². The minimum atomic E-state index is -0.846. The summed E-state index contributed by atoms with van der Waals surface area (Å²) in [6, 6.07) is 16.1. The molecular formula is C27H30N4O5. The Morgan fingerprint density at radius 3 is 2.39 bits per heavy atom. The number of nitrogens with zero attached hydrogens (tertiary/aromatic N) is 3. The highest BCUT2D eigenvalue weighted by atomic mass is 16.6. The van der Waals surface area contributed by atoms with Crippen LogP contribution in [0.1, 0.15) is 24.5 Å². The molecule has 9 nitrogen and oxygen atoms in total. The molecule has 0 bridgehead atoms. The first-order valence-corrected chi connectivity index (χ1v) is 11.9. The van der Waals surface area contributed by atoms with Crippen molar-refractivity contribution in [1.29, 1.82) is 0 Å². The first-order valence-electron chi connectivity index (χ1n) is 11.9. The van der Waals surface area contributed by atoms with E-state index >= 15 is 0 Å². The van der Waals surface area contributed by atoms with E-state index in [0.717, 1.165) is 11.1 Å². The number of epoxide rings is 1. The maximum Gasteiger partial charge on any atom is 0.242 e. The Morgan fingerprint density at radius 2 is 1.78 bits per heavy atom. The van der Waals surface area contributed by atoms with Crippen LogP contribution in [0.5, 0.6) is 5.75 Å². The summed E-state index contributed by atoms with van der Waals surface area (Å²) in [5.41, 5.74) is 0.982. The van der Waals surface area contributed by atoms with Crippen molar-refractivity contribution in [2.45, 2.75) is 44.4 Å². The molecule has 36 heavy (non-hydrogen) atoms. The average molecular weight is 491 g/mol. The molecule has 1 aliphatic rings. The topological polar surface area (TPSA) is 116 Å². The van der Waals surface area contributed by atoms with Crippen molar-refractivity contribution < 1.29 is 23.9 Å². The molecule has 1 N–H and O–H groups in total. The predicted molar refractivity (Wildman–Crippen MR) is 131 cm³/mol. The number of carbonyl (C=O) groups is 3. The zero-order chi connectivity index (χ0) is 25.5. The Labute approximate surface area is 209 Å². The molecule has 0 saturated carbocycles. The fourth-order valence-corrected chi connectivity index (χ4v) is 4.17. The van der Waals surface area contributed by atoms with Crippen LogP contribution in [0, 0.1) is 5.92 Å². The number of amides is 1. The van der Waals surface area contributed by atoms with Crippen molar-refractivity contribution in [2.24, 2.45) is 5.92 Å². The summed E-state index contributed by atoms with van der Waals surface area (Å²) >= 11 is 0. The van der Waals surface area contributed by atoms with Gasteiger partial charge >= 0.3 is 0 Å². The van der Waals surface area contributed by atoms with Gasteiger partial charge in [-0.25, -0.2) is 4.68 Å².